The molecule has 0 aliphatic carbocycles. The number of nitro benzene ring substituents is 1. The first-order valence-corrected chi connectivity index (χ1v) is 7.04. The Morgan fingerprint density at radius 3 is 2.50 bits per heavy atom. The van der Waals surface area contributed by atoms with Crippen LogP contribution in [0.25, 0.3) is 0 Å². The van der Waals surface area contributed by atoms with Gasteiger partial charge in [-0.2, -0.15) is 4.39 Å². The van der Waals surface area contributed by atoms with Crippen LogP contribution in [0.4, 0.5) is 15.8 Å². The summed E-state index contributed by atoms with van der Waals surface area (Å²) in [6.07, 6.45) is 0.649. The molecule has 0 bridgehead atoms. The Bertz CT molecular complexity index is 601. The molecule has 1 atom stereocenters. The van der Waals surface area contributed by atoms with E-state index in [-0.39, 0.29) is 23.1 Å². The second-order valence-corrected chi connectivity index (χ2v) is 6.63. The van der Waals surface area contributed by atoms with Crippen molar-refractivity contribution >= 4 is 11.4 Å². The van der Waals surface area contributed by atoms with E-state index in [1.165, 1.54) is 13.2 Å². The number of ether oxygens (including phenoxy) is 2. The summed E-state index contributed by atoms with van der Waals surface area (Å²) in [4.78, 5) is 10.4. The predicted octanol–water partition coefficient (Wildman–Crippen LogP) is 3.50. The number of hydrogen-bond acceptors (Lipinski definition) is 5. The summed E-state index contributed by atoms with van der Waals surface area (Å²) in [6.45, 7) is 7.72. The Morgan fingerprint density at radius 1 is 1.41 bits per heavy atom. The van der Waals surface area contributed by atoms with Crippen molar-refractivity contribution in [2.45, 2.75) is 51.4 Å². The predicted molar refractivity (Wildman–Crippen MR) is 80.9 cm³/mol. The molecule has 0 amide bonds. The third-order valence-electron chi connectivity index (χ3n) is 3.86. The van der Waals surface area contributed by atoms with E-state index in [1.807, 2.05) is 27.7 Å². The molecule has 0 aromatic heterocycles. The molecule has 1 aromatic rings. The molecule has 0 spiro atoms. The Hall–Kier alpha value is -1.89. The first-order valence-electron chi connectivity index (χ1n) is 7.04. The molecule has 0 radical (unpaired) electrons. The molecule has 1 unspecified atom stereocenters. The van der Waals surface area contributed by atoms with Crippen molar-refractivity contribution in [1.29, 1.82) is 0 Å². The van der Waals surface area contributed by atoms with Crippen molar-refractivity contribution in [2.24, 2.45) is 0 Å². The van der Waals surface area contributed by atoms with Crippen LogP contribution in [-0.2, 0) is 4.74 Å². The third kappa shape index (κ3) is 3.14. The number of nitrogens with one attached hydrogen (secondary N) is 1. The van der Waals surface area contributed by atoms with Gasteiger partial charge >= 0.3 is 5.69 Å². The quantitative estimate of drug-likeness (QED) is 0.680. The molecule has 1 heterocycles. The van der Waals surface area contributed by atoms with Crippen molar-refractivity contribution in [3.63, 3.8) is 0 Å². The maximum absolute atomic E-state index is 14.0. The molecule has 22 heavy (non-hydrogen) atoms. The van der Waals surface area contributed by atoms with Gasteiger partial charge in [0.2, 0.25) is 5.82 Å². The zero-order valence-electron chi connectivity index (χ0n) is 13.4. The Labute approximate surface area is 128 Å². The van der Waals surface area contributed by atoms with Gasteiger partial charge in [-0.25, -0.2) is 0 Å². The number of nitro groups is 1. The lowest BCUT2D eigenvalue weighted by Gasteiger charge is -2.28. The topological polar surface area (TPSA) is 73.6 Å². The SMILES string of the molecule is COc1cc(F)c([N+](=O)[O-])c(NC2CC(C)(C)OC2(C)C)c1. The van der Waals surface area contributed by atoms with E-state index in [1.54, 1.807) is 0 Å². The number of benzene rings is 1. The minimum Gasteiger partial charge on any atom is -0.497 e. The Kier molecular flexibility index (Phi) is 4.04. The molecule has 7 heteroatoms. The smallest absolute Gasteiger partial charge is 0.327 e. The summed E-state index contributed by atoms with van der Waals surface area (Å²) < 4.78 is 24.9. The van der Waals surface area contributed by atoms with Crippen molar-refractivity contribution in [3.05, 3.63) is 28.1 Å². The van der Waals surface area contributed by atoms with Crippen LogP contribution in [0.2, 0.25) is 0 Å². The lowest BCUT2D eigenvalue weighted by molar-refractivity contribution is -0.386. The summed E-state index contributed by atoms with van der Waals surface area (Å²) in [5, 5.41) is 14.2. The van der Waals surface area contributed by atoms with Crippen LogP contribution >= 0.6 is 0 Å². The number of anilines is 1. The van der Waals surface area contributed by atoms with Crippen molar-refractivity contribution in [2.75, 3.05) is 12.4 Å². The van der Waals surface area contributed by atoms with Gasteiger partial charge in [-0.3, -0.25) is 10.1 Å². The van der Waals surface area contributed by atoms with E-state index < -0.39 is 22.0 Å². The van der Waals surface area contributed by atoms with E-state index in [9.17, 15) is 14.5 Å². The highest BCUT2D eigenvalue weighted by molar-refractivity contribution is 5.65. The maximum atomic E-state index is 14.0. The summed E-state index contributed by atoms with van der Waals surface area (Å²) in [6, 6.07) is 2.25. The van der Waals surface area contributed by atoms with Crippen LogP contribution in [0.1, 0.15) is 34.1 Å². The molecule has 2 rings (SSSR count). The molecule has 0 saturated carbocycles. The van der Waals surface area contributed by atoms with Gasteiger partial charge in [0.05, 0.1) is 29.3 Å². The maximum Gasteiger partial charge on any atom is 0.327 e. The standard InChI is InChI=1S/C15H21FN2O4/c1-14(2)8-12(15(3,4)22-14)17-11-7-9(21-5)6-10(16)13(11)18(19)20/h6-7,12,17H,8H2,1-5H3. The fraction of sp³-hybridized carbons (Fsp3) is 0.600. The average Bonchev–Trinajstić information content (AvgIpc) is 2.55. The van der Waals surface area contributed by atoms with Gasteiger partial charge in [-0.05, 0) is 34.1 Å². The van der Waals surface area contributed by atoms with E-state index in [0.717, 1.165) is 6.07 Å². The summed E-state index contributed by atoms with van der Waals surface area (Å²) in [7, 11) is 1.39. The highest BCUT2D eigenvalue weighted by Crippen LogP contribution is 2.41. The van der Waals surface area contributed by atoms with Crippen LogP contribution in [0.15, 0.2) is 12.1 Å². The van der Waals surface area contributed by atoms with Crippen molar-refractivity contribution < 1.29 is 18.8 Å². The van der Waals surface area contributed by atoms with Gasteiger partial charge in [0, 0.05) is 12.1 Å². The van der Waals surface area contributed by atoms with Crippen LogP contribution in [0.3, 0.4) is 0 Å². The second kappa shape index (κ2) is 5.39. The summed E-state index contributed by atoms with van der Waals surface area (Å²) in [5.74, 6) is -0.704. The zero-order valence-corrected chi connectivity index (χ0v) is 13.4. The fourth-order valence-corrected chi connectivity index (χ4v) is 2.96. The molecular formula is C15H21FN2O4. The van der Waals surface area contributed by atoms with Gasteiger partial charge in [-0.15, -0.1) is 0 Å². The molecule has 1 aliphatic rings. The second-order valence-electron chi connectivity index (χ2n) is 6.63. The molecule has 1 saturated heterocycles. The first-order chi connectivity index (χ1) is 10.1. The van der Waals surface area contributed by atoms with Crippen LogP contribution < -0.4 is 10.1 Å². The van der Waals surface area contributed by atoms with Gasteiger partial charge < -0.3 is 14.8 Å². The molecule has 1 aromatic carbocycles. The number of halogens is 1. The molecule has 1 aliphatic heterocycles. The minimum atomic E-state index is -0.928. The van der Waals surface area contributed by atoms with E-state index in [0.29, 0.717) is 6.42 Å². The summed E-state index contributed by atoms with van der Waals surface area (Å²) >= 11 is 0. The van der Waals surface area contributed by atoms with Crippen LogP contribution in [-0.4, -0.2) is 29.3 Å². The Balaban J connectivity index is 2.40. The van der Waals surface area contributed by atoms with Crippen molar-refractivity contribution in [1.82, 2.24) is 0 Å². The van der Waals surface area contributed by atoms with E-state index in [4.69, 9.17) is 9.47 Å². The van der Waals surface area contributed by atoms with E-state index in [2.05, 4.69) is 5.32 Å². The van der Waals surface area contributed by atoms with Gasteiger partial charge in [0.15, 0.2) is 0 Å². The third-order valence-corrected chi connectivity index (χ3v) is 3.86. The lowest BCUT2D eigenvalue weighted by atomic mass is 9.94. The lowest BCUT2D eigenvalue weighted by Crippen LogP contribution is -2.38. The average molecular weight is 312 g/mol. The zero-order chi connectivity index (χ0) is 16.7. The largest absolute Gasteiger partial charge is 0.497 e. The number of hydrogen-bond donors (Lipinski definition) is 1. The van der Waals surface area contributed by atoms with Gasteiger partial charge in [-0.1, -0.05) is 0 Å². The van der Waals surface area contributed by atoms with Crippen LogP contribution in [0.5, 0.6) is 5.75 Å². The van der Waals surface area contributed by atoms with Gasteiger partial charge in [0.25, 0.3) is 0 Å². The van der Waals surface area contributed by atoms with Crippen LogP contribution in [0, 0.1) is 15.9 Å². The highest BCUT2D eigenvalue weighted by atomic mass is 19.1. The minimum absolute atomic E-state index is 0.0984. The Morgan fingerprint density at radius 2 is 2.05 bits per heavy atom. The molecule has 1 fully saturated rings. The molecule has 122 valence electrons. The van der Waals surface area contributed by atoms with Crippen molar-refractivity contribution in [3.8, 4) is 5.75 Å². The molecule has 1 N–H and O–H groups in total. The van der Waals surface area contributed by atoms with Gasteiger partial charge in [0.1, 0.15) is 11.4 Å². The fourth-order valence-electron chi connectivity index (χ4n) is 2.96. The summed E-state index contributed by atoms with van der Waals surface area (Å²) in [5.41, 5.74) is -1.37. The molecular weight excluding hydrogens is 291 g/mol. The number of nitrogens with zero attached hydrogens (tertiary/aromatic N) is 1. The highest BCUT2D eigenvalue weighted by Gasteiger charge is 2.46. The first kappa shape index (κ1) is 16.5. The normalized spacial score (nSPS) is 22.4. The number of methoxy groups -OCH3 is 1. The van der Waals surface area contributed by atoms with E-state index >= 15 is 0 Å². The number of rotatable bonds is 4. The molecule has 6 nitrogen and oxygen atoms in total. The monoisotopic (exact) mass is 312 g/mol.